The quantitative estimate of drug-likeness (QED) is 0.728. The Balaban J connectivity index is 1.94. The van der Waals surface area contributed by atoms with Crippen LogP contribution in [0.3, 0.4) is 0 Å². The Morgan fingerprint density at radius 3 is 2.64 bits per heavy atom. The number of thiophene rings is 1. The summed E-state index contributed by atoms with van der Waals surface area (Å²) < 4.78 is 1.16. The molecule has 0 aliphatic carbocycles. The van der Waals surface area contributed by atoms with Crippen molar-refractivity contribution in [2.24, 2.45) is 0 Å². The number of carbonyl (C=O) groups excluding carboxylic acids is 1. The molecular formula is C16H12ClN3O4S. The number of hydrogen-bond acceptors (Lipinski definition) is 5. The first-order valence-corrected chi connectivity index (χ1v) is 8.40. The number of aromatic nitrogens is 2. The molecule has 0 unspecified atom stereocenters. The summed E-state index contributed by atoms with van der Waals surface area (Å²) in [6.07, 6.45) is 0. The topological polar surface area (TPSA) is 101 Å². The molecule has 0 bridgehead atoms. The Hall–Kier alpha value is -2.71. The lowest BCUT2D eigenvalue weighted by atomic mass is 10.2. The molecule has 0 fully saturated rings. The predicted octanol–water partition coefficient (Wildman–Crippen LogP) is 2.76. The smallest absolute Gasteiger partial charge is 0.337 e. The minimum absolute atomic E-state index is 0.0161. The van der Waals surface area contributed by atoms with Crippen molar-refractivity contribution in [1.82, 2.24) is 9.55 Å². The maximum Gasteiger partial charge on any atom is 0.337 e. The molecule has 1 amide bonds. The van der Waals surface area contributed by atoms with E-state index in [9.17, 15) is 19.5 Å². The van der Waals surface area contributed by atoms with Crippen molar-refractivity contribution in [3.8, 4) is 0 Å². The Morgan fingerprint density at radius 1 is 1.32 bits per heavy atom. The summed E-state index contributed by atoms with van der Waals surface area (Å²) in [6.45, 7) is 1.32. The number of nitrogens with zero attached hydrogens (tertiary/aromatic N) is 2. The van der Waals surface area contributed by atoms with Crippen molar-refractivity contribution in [1.29, 1.82) is 0 Å². The molecular weight excluding hydrogens is 366 g/mol. The Bertz CT molecular complexity index is 1040. The van der Waals surface area contributed by atoms with Gasteiger partial charge in [0.15, 0.2) is 0 Å². The van der Waals surface area contributed by atoms with E-state index in [0.717, 1.165) is 15.9 Å². The van der Waals surface area contributed by atoms with E-state index in [1.165, 1.54) is 5.38 Å². The maximum atomic E-state index is 12.6. The van der Waals surface area contributed by atoms with Crippen LogP contribution in [0.5, 0.6) is 0 Å². The van der Waals surface area contributed by atoms with Gasteiger partial charge in [0.05, 0.1) is 10.9 Å². The Labute approximate surface area is 150 Å². The minimum atomic E-state index is -1.20. The summed E-state index contributed by atoms with van der Waals surface area (Å²) in [5.41, 5.74) is -0.118. The molecule has 0 saturated heterocycles. The molecule has 128 valence electrons. The van der Waals surface area contributed by atoms with E-state index < -0.39 is 17.4 Å². The number of hydrogen-bond donors (Lipinski definition) is 2. The van der Waals surface area contributed by atoms with Crippen LogP contribution in [0.15, 0.2) is 34.4 Å². The van der Waals surface area contributed by atoms with Crippen LogP contribution in [0.25, 0.3) is 10.2 Å². The molecule has 0 saturated carbocycles. The van der Waals surface area contributed by atoms with Gasteiger partial charge in [-0.05, 0) is 31.2 Å². The number of nitrogens with one attached hydrogen (secondary N) is 1. The second kappa shape index (κ2) is 6.66. The van der Waals surface area contributed by atoms with Gasteiger partial charge >= 0.3 is 5.97 Å². The summed E-state index contributed by atoms with van der Waals surface area (Å²) in [4.78, 5) is 40.7. The number of rotatable bonds is 4. The third-order valence-electron chi connectivity index (χ3n) is 3.54. The standard InChI is InChI=1S/C16H12ClN3O4S/c1-8-18-14-13(11(7-25-14)16(23)24)15(22)20(8)6-12(21)19-10-4-2-9(17)3-5-10/h2-5,7H,6H2,1H3,(H,19,21)(H,23,24). The van der Waals surface area contributed by atoms with E-state index in [1.54, 1.807) is 31.2 Å². The summed E-state index contributed by atoms with van der Waals surface area (Å²) in [5.74, 6) is -1.30. The molecule has 0 aliphatic rings. The molecule has 2 heterocycles. The van der Waals surface area contributed by atoms with Crippen LogP contribution >= 0.6 is 22.9 Å². The fourth-order valence-corrected chi connectivity index (χ4v) is 3.42. The number of carbonyl (C=O) groups is 2. The highest BCUT2D eigenvalue weighted by atomic mass is 35.5. The molecule has 3 rings (SSSR count). The molecule has 7 nitrogen and oxygen atoms in total. The number of carboxylic acid groups (broad SMARTS) is 1. The first kappa shape index (κ1) is 17.1. The second-order valence-corrected chi connectivity index (χ2v) is 6.53. The van der Waals surface area contributed by atoms with Gasteiger partial charge in [0.1, 0.15) is 17.2 Å². The van der Waals surface area contributed by atoms with Crippen LogP contribution in [-0.2, 0) is 11.3 Å². The third-order valence-corrected chi connectivity index (χ3v) is 4.67. The Morgan fingerprint density at radius 2 is 2.00 bits per heavy atom. The van der Waals surface area contributed by atoms with Gasteiger partial charge in [0.25, 0.3) is 5.56 Å². The zero-order valence-electron chi connectivity index (χ0n) is 12.9. The molecule has 0 aliphatic heterocycles. The fraction of sp³-hybridized carbons (Fsp3) is 0.125. The largest absolute Gasteiger partial charge is 0.478 e. The number of benzene rings is 1. The molecule has 25 heavy (non-hydrogen) atoms. The molecule has 2 aromatic heterocycles. The van der Waals surface area contributed by atoms with Gasteiger partial charge in [-0.3, -0.25) is 14.2 Å². The van der Waals surface area contributed by atoms with Gasteiger partial charge in [0, 0.05) is 16.1 Å². The van der Waals surface area contributed by atoms with Crippen LogP contribution in [0.2, 0.25) is 5.02 Å². The number of aromatic carboxylic acids is 1. The summed E-state index contributed by atoms with van der Waals surface area (Å²) >= 11 is 6.88. The van der Waals surface area contributed by atoms with E-state index in [1.807, 2.05) is 0 Å². The maximum absolute atomic E-state index is 12.6. The lowest BCUT2D eigenvalue weighted by Gasteiger charge is -2.10. The summed E-state index contributed by atoms with van der Waals surface area (Å²) in [6, 6.07) is 6.54. The van der Waals surface area contributed by atoms with Crippen LogP contribution in [0.4, 0.5) is 5.69 Å². The van der Waals surface area contributed by atoms with E-state index in [4.69, 9.17) is 11.6 Å². The monoisotopic (exact) mass is 377 g/mol. The van der Waals surface area contributed by atoms with Crippen molar-refractivity contribution in [2.45, 2.75) is 13.5 Å². The molecule has 0 spiro atoms. The molecule has 9 heteroatoms. The molecule has 0 atom stereocenters. The third kappa shape index (κ3) is 3.40. The molecule has 0 radical (unpaired) electrons. The van der Waals surface area contributed by atoms with E-state index >= 15 is 0 Å². The SMILES string of the molecule is Cc1nc2scc(C(=O)O)c2c(=O)n1CC(=O)Nc1ccc(Cl)cc1. The minimum Gasteiger partial charge on any atom is -0.478 e. The number of carboxylic acids is 1. The number of amides is 1. The second-order valence-electron chi connectivity index (χ2n) is 5.24. The van der Waals surface area contributed by atoms with Crippen molar-refractivity contribution in [2.75, 3.05) is 5.32 Å². The van der Waals surface area contributed by atoms with Crippen molar-refractivity contribution >= 4 is 50.7 Å². The van der Waals surface area contributed by atoms with Crippen LogP contribution in [0.1, 0.15) is 16.2 Å². The number of aryl methyl sites for hydroxylation is 1. The van der Waals surface area contributed by atoms with Gasteiger partial charge in [0.2, 0.25) is 5.91 Å². The average Bonchev–Trinajstić information content (AvgIpc) is 2.97. The van der Waals surface area contributed by atoms with Crippen molar-refractivity contribution < 1.29 is 14.7 Å². The number of fused-ring (bicyclic) bond motifs is 1. The van der Waals surface area contributed by atoms with Gasteiger partial charge in [-0.2, -0.15) is 0 Å². The zero-order chi connectivity index (χ0) is 18.1. The predicted molar refractivity (Wildman–Crippen MR) is 95.7 cm³/mol. The first-order chi connectivity index (χ1) is 11.9. The van der Waals surface area contributed by atoms with E-state index in [-0.39, 0.29) is 17.5 Å². The number of anilines is 1. The van der Waals surface area contributed by atoms with Crippen LogP contribution in [-0.4, -0.2) is 26.5 Å². The summed E-state index contributed by atoms with van der Waals surface area (Å²) in [5, 5.41) is 13.8. The van der Waals surface area contributed by atoms with E-state index in [2.05, 4.69) is 10.3 Å². The molecule has 2 N–H and O–H groups in total. The van der Waals surface area contributed by atoms with Crippen molar-refractivity contribution in [3.05, 3.63) is 56.4 Å². The lowest BCUT2D eigenvalue weighted by Crippen LogP contribution is -2.30. The highest BCUT2D eigenvalue weighted by Gasteiger charge is 2.19. The Kier molecular flexibility index (Phi) is 4.56. The summed E-state index contributed by atoms with van der Waals surface area (Å²) in [7, 11) is 0. The highest BCUT2D eigenvalue weighted by Crippen LogP contribution is 2.21. The first-order valence-electron chi connectivity index (χ1n) is 7.14. The fourth-order valence-electron chi connectivity index (χ4n) is 2.35. The van der Waals surface area contributed by atoms with Crippen LogP contribution in [0, 0.1) is 6.92 Å². The molecule has 3 aromatic rings. The van der Waals surface area contributed by atoms with Gasteiger partial charge in [-0.1, -0.05) is 11.6 Å². The normalized spacial score (nSPS) is 10.8. The average molecular weight is 378 g/mol. The van der Waals surface area contributed by atoms with Gasteiger partial charge in [-0.25, -0.2) is 9.78 Å². The van der Waals surface area contributed by atoms with E-state index in [0.29, 0.717) is 21.4 Å². The highest BCUT2D eigenvalue weighted by molar-refractivity contribution is 7.17. The molecule has 1 aromatic carbocycles. The zero-order valence-corrected chi connectivity index (χ0v) is 14.5. The number of halogens is 1. The van der Waals surface area contributed by atoms with Gasteiger partial charge < -0.3 is 10.4 Å². The van der Waals surface area contributed by atoms with Gasteiger partial charge in [-0.15, -0.1) is 11.3 Å². The van der Waals surface area contributed by atoms with Crippen molar-refractivity contribution in [3.63, 3.8) is 0 Å². The lowest BCUT2D eigenvalue weighted by molar-refractivity contribution is -0.116. The van der Waals surface area contributed by atoms with Crippen LogP contribution < -0.4 is 10.9 Å².